The summed E-state index contributed by atoms with van der Waals surface area (Å²) in [7, 11) is 0. The molecule has 10 nitrogen and oxygen atoms in total. The summed E-state index contributed by atoms with van der Waals surface area (Å²) in [5.74, 6) is -3.23. The van der Waals surface area contributed by atoms with Crippen molar-refractivity contribution in [2.75, 3.05) is 0 Å². The van der Waals surface area contributed by atoms with Crippen molar-refractivity contribution in [3.05, 3.63) is 107 Å². The van der Waals surface area contributed by atoms with E-state index in [-0.39, 0.29) is 24.6 Å². The van der Waals surface area contributed by atoms with Gasteiger partial charge in [0.05, 0.1) is 23.5 Å². The molecule has 0 bridgehead atoms. The Kier molecular flexibility index (Phi) is 10.1. The van der Waals surface area contributed by atoms with E-state index in [1.54, 1.807) is 19.2 Å². The number of aromatic nitrogens is 3. The van der Waals surface area contributed by atoms with Crippen LogP contribution in [0.2, 0.25) is 0 Å². The molecule has 45 heavy (non-hydrogen) atoms. The predicted octanol–water partition coefficient (Wildman–Crippen LogP) is 4.89. The van der Waals surface area contributed by atoms with E-state index in [0.717, 1.165) is 27.9 Å². The number of aromatic hydroxyl groups is 1. The Labute approximate surface area is 255 Å². The summed E-state index contributed by atoms with van der Waals surface area (Å²) in [6, 6.07) is 21.6. The van der Waals surface area contributed by atoms with E-state index in [1.807, 2.05) is 60.7 Å². The molecule has 0 aliphatic carbocycles. The van der Waals surface area contributed by atoms with Crippen LogP contribution in [0.4, 0.5) is 13.2 Å². The van der Waals surface area contributed by atoms with Crippen LogP contribution in [0, 0.1) is 6.92 Å². The number of aliphatic carboxylic acids is 1. The number of pyridine rings is 3. The Morgan fingerprint density at radius 1 is 0.978 bits per heavy atom. The highest BCUT2D eigenvalue weighted by Gasteiger charge is 2.38. The molecule has 0 unspecified atom stereocenters. The molecule has 5 aromatic rings. The lowest BCUT2D eigenvalue weighted by Gasteiger charge is -2.15. The average Bonchev–Trinajstić information content (AvgIpc) is 3.04. The summed E-state index contributed by atoms with van der Waals surface area (Å²) < 4.78 is 31.7. The van der Waals surface area contributed by atoms with Crippen LogP contribution in [0.3, 0.4) is 0 Å². The Morgan fingerprint density at radius 3 is 2.24 bits per heavy atom. The zero-order valence-electron chi connectivity index (χ0n) is 23.8. The number of aryl methyl sites for hydroxylation is 1. The monoisotopic (exact) mass is 619 g/mol. The molecular formula is C32H28F3N5O5. The van der Waals surface area contributed by atoms with Crippen LogP contribution in [0.5, 0.6) is 5.75 Å². The van der Waals surface area contributed by atoms with Gasteiger partial charge < -0.3 is 26.4 Å². The minimum absolute atomic E-state index is 0.00648. The number of aliphatic hydroxyl groups is 1. The standard InChI is InChI=1S/C30H27N5O3.C2HF3O2/c1-18-29(37)25(22(17-36)15-33-18)16-34-30(38)28-24-13-23(20-5-3-2-4-6-20)27(35-26(24)11-12-32-28)21-9-7-19(14-31)8-10-21;3-2(4,5)1(6)7/h2-13,15,36-37H,14,16-17,31H2,1H3,(H,34,38);(H,6,7). The topological polar surface area (TPSA) is 172 Å². The third-order valence-electron chi connectivity index (χ3n) is 6.77. The molecule has 3 heterocycles. The minimum Gasteiger partial charge on any atom is -0.506 e. The second-order valence-electron chi connectivity index (χ2n) is 9.72. The van der Waals surface area contributed by atoms with Crippen LogP contribution in [-0.4, -0.2) is 48.3 Å². The summed E-state index contributed by atoms with van der Waals surface area (Å²) in [5, 5.41) is 30.7. The largest absolute Gasteiger partial charge is 0.506 e. The number of amides is 1. The molecule has 5 rings (SSSR count). The second-order valence-corrected chi connectivity index (χ2v) is 9.72. The summed E-state index contributed by atoms with van der Waals surface area (Å²) in [6.07, 6.45) is -2.04. The lowest BCUT2D eigenvalue weighted by Crippen LogP contribution is -2.25. The van der Waals surface area contributed by atoms with Crippen molar-refractivity contribution in [3.8, 4) is 28.1 Å². The number of aliphatic hydroxyl groups excluding tert-OH is 1. The number of benzene rings is 2. The van der Waals surface area contributed by atoms with Crippen molar-refractivity contribution in [1.82, 2.24) is 20.3 Å². The van der Waals surface area contributed by atoms with E-state index in [1.165, 1.54) is 6.20 Å². The summed E-state index contributed by atoms with van der Waals surface area (Å²) in [5.41, 5.74) is 12.5. The van der Waals surface area contributed by atoms with Crippen molar-refractivity contribution in [2.24, 2.45) is 5.73 Å². The van der Waals surface area contributed by atoms with Gasteiger partial charge in [0.1, 0.15) is 11.4 Å². The maximum Gasteiger partial charge on any atom is 0.490 e. The van der Waals surface area contributed by atoms with Gasteiger partial charge in [-0.2, -0.15) is 13.2 Å². The molecule has 0 saturated heterocycles. The molecule has 1 amide bonds. The first-order chi connectivity index (χ1) is 21.4. The Hall–Kier alpha value is -5.40. The van der Waals surface area contributed by atoms with Crippen LogP contribution in [0.25, 0.3) is 33.3 Å². The van der Waals surface area contributed by atoms with Gasteiger partial charge in [0.2, 0.25) is 0 Å². The van der Waals surface area contributed by atoms with Gasteiger partial charge in [0, 0.05) is 53.1 Å². The Balaban J connectivity index is 0.000000591. The number of alkyl halides is 3. The molecule has 0 fully saturated rings. The van der Waals surface area contributed by atoms with Crippen molar-refractivity contribution in [2.45, 2.75) is 32.8 Å². The minimum atomic E-state index is -5.08. The van der Waals surface area contributed by atoms with Crippen molar-refractivity contribution < 1.29 is 38.1 Å². The van der Waals surface area contributed by atoms with E-state index >= 15 is 0 Å². The summed E-state index contributed by atoms with van der Waals surface area (Å²) in [6.45, 7) is 1.81. The molecule has 2 aromatic carbocycles. The van der Waals surface area contributed by atoms with Gasteiger partial charge in [-0.05, 0) is 30.2 Å². The molecule has 0 aliphatic heterocycles. The molecule has 0 saturated carbocycles. The first-order valence-corrected chi connectivity index (χ1v) is 13.4. The van der Waals surface area contributed by atoms with Gasteiger partial charge in [-0.25, -0.2) is 9.78 Å². The van der Waals surface area contributed by atoms with Gasteiger partial charge in [-0.15, -0.1) is 0 Å². The molecule has 13 heteroatoms. The zero-order valence-corrected chi connectivity index (χ0v) is 23.8. The molecule has 232 valence electrons. The van der Waals surface area contributed by atoms with Crippen LogP contribution < -0.4 is 11.1 Å². The normalized spacial score (nSPS) is 11.1. The van der Waals surface area contributed by atoms with Gasteiger partial charge in [-0.1, -0.05) is 54.6 Å². The van der Waals surface area contributed by atoms with E-state index < -0.39 is 18.1 Å². The number of halogens is 3. The lowest BCUT2D eigenvalue weighted by atomic mass is 9.96. The van der Waals surface area contributed by atoms with Crippen LogP contribution in [0.1, 0.15) is 32.9 Å². The van der Waals surface area contributed by atoms with E-state index in [9.17, 15) is 28.2 Å². The number of carbonyl (C=O) groups excluding carboxylic acids is 1. The van der Waals surface area contributed by atoms with Crippen LogP contribution in [-0.2, 0) is 24.5 Å². The molecule has 0 aliphatic rings. The highest BCUT2D eigenvalue weighted by molar-refractivity contribution is 6.06. The molecule has 6 N–H and O–H groups in total. The van der Waals surface area contributed by atoms with E-state index in [0.29, 0.717) is 34.3 Å². The summed E-state index contributed by atoms with van der Waals surface area (Å²) in [4.78, 5) is 35.6. The lowest BCUT2D eigenvalue weighted by molar-refractivity contribution is -0.192. The molecule has 0 radical (unpaired) electrons. The Bertz CT molecular complexity index is 1830. The number of carboxylic acids is 1. The Morgan fingerprint density at radius 2 is 1.64 bits per heavy atom. The zero-order chi connectivity index (χ0) is 32.7. The highest BCUT2D eigenvalue weighted by Crippen LogP contribution is 2.34. The number of nitrogens with one attached hydrogen (secondary N) is 1. The highest BCUT2D eigenvalue weighted by atomic mass is 19.4. The van der Waals surface area contributed by atoms with Crippen molar-refractivity contribution >= 4 is 22.8 Å². The number of nitrogens with two attached hydrogens (primary N) is 1. The number of carbonyl (C=O) groups is 2. The van der Waals surface area contributed by atoms with Crippen molar-refractivity contribution in [1.29, 1.82) is 0 Å². The second kappa shape index (κ2) is 13.9. The third kappa shape index (κ3) is 7.58. The number of carboxylic acid groups (broad SMARTS) is 1. The van der Waals surface area contributed by atoms with Gasteiger partial charge in [-0.3, -0.25) is 14.8 Å². The first kappa shape index (κ1) is 32.5. The molecule has 0 spiro atoms. The van der Waals surface area contributed by atoms with E-state index in [2.05, 4.69) is 15.3 Å². The fourth-order valence-electron chi connectivity index (χ4n) is 4.40. The number of hydrogen-bond acceptors (Lipinski definition) is 8. The third-order valence-corrected chi connectivity index (χ3v) is 6.77. The number of hydrogen-bond donors (Lipinski definition) is 5. The molecular weight excluding hydrogens is 591 g/mol. The van der Waals surface area contributed by atoms with Gasteiger partial charge in [0.15, 0.2) is 0 Å². The number of nitrogens with zero attached hydrogens (tertiary/aromatic N) is 3. The predicted molar refractivity (Wildman–Crippen MR) is 160 cm³/mol. The maximum absolute atomic E-state index is 13.3. The number of rotatable bonds is 7. The molecule has 3 aromatic heterocycles. The average molecular weight is 620 g/mol. The first-order valence-electron chi connectivity index (χ1n) is 13.4. The SMILES string of the molecule is Cc1ncc(CO)c(CNC(=O)c2nccc3nc(-c4ccc(CN)cc4)c(-c4ccccc4)cc23)c1O.O=C(O)C(F)(F)F. The fraction of sp³-hybridized carbons (Fsp3) is 0.156. The van der Waals surface area contributed by atoms with Gasteiger partial charge in [0.25, 0.3) is 5.91 Å². The molecule has 0 atom stereocenters. The number of fused-ring (bicyclic) bond motifs is 1. The smallest absolute Gasteiger partial charge is 0.490 e. The van der Waals surface area contributed by atoms with Gasteiger partial charge >= 0.3 is 12.1 Å². The summed E-state index contributed by atoms with van der Waals surface area (Å²) >= 11 is 0. The van der Waals surface area contributed by atoms with E-state index in [4.69, 9.17) is 20.6 Å². The van der Waals surface area contributed by atoms with Crippen LogP contribution in [0.15, 0.2) is 79.1 Å². The van der Waals surface area contributed by atoms with Crippen molar-refractivity contribution in [3.63, 3.8) is 0 Å². The fourth-order valence-corrected chi connectivity index (χ4v) is 4.40. The van der Waals surface area contributed by atoms with Crippen LogP contribution >= 0.6 is 0 Å². The maximum atomic E-state index is 13.3. The quantitative estimate of drug-likeness (QED) is 0.170.